The average Bonchev–Trinajstić information content (AvgIpc) is 2.27. The lowest BCUT2D eigenvalue weighted by Crippen LogP contribution is -1.93. The molecule has 0 aliphatic rings. The molecule has 1 aromatic heterocycles. The third-order valence-electron chi connectivity index (χ3n) is 1.75. The van der Waals surface area contributed by atoms with Crippen molar-refractivity contribution in [1.29, 1.82) is 0 Å². The van der Waals surface area contributed by atoms with E-state index >= 15 is 0 Å². The molecule has 82 valence electrons. The first-order chi connectivity index (χ1) is 7.65. The van der Waals surface area contributed by atoms with Crippen LogP contribution in [0.4, 0.5) is 5.69 Å². The minimum Gasteiger partial charge on any atom is -0.423 e. The summed E-state index contributed by atoms with van der Waals surface area (Å²) in [4.78, 5) is 8.01. The molecule has 0 aliphatic heterocycles. The molecule has 0 spiro atoms. The standard InChI is InChI=1S/C10H7ClIN3O/c11-8-2-1-7(13)3-9(8)16-10-14-4-6(12)5-15-10/h1-5H,13H2. The van der Waals surface area contributed by atoms with Crippen molar-refractivity contribution >= 4 is 39.9 Å². The van der Waals surface area contributed by atoms with Gasteiger partial charge >= 0.3 is 6.01 Å². The molecule has 6 heteroatoms. The van der Waals surface area contributed by atoms with Gasteiger partial charge in [0.15, 0.2) is 5.75 Å². The van der Waals surface area contributed by atoms with Gasteiger partial charge in [0, 0.05) is 27.7 Å². The molecule has 4 nitrogen and oxygen atoms in total. The molecule has 0 unspecified atom stereocenters. The summed E-state index contributed by atoms with van der Waals surface area (Å²) in [6.45, 7) is 0. The van der Waals surface area contributed by atoms with E-state index in [-0.39, 0.29) is 6.01 Å². The largest absolute Gasteiger partial charge is 0.423 e. The summed E-state index contributed by atoms with van der Waals surface area (Å²) in [7, 11) is 0. The van der Waals surface area contributed by atoms with Gasteiger partial charge in [0.1, 0.15) is 0 Å². The Bertz CT molecular complexity index is 504. The van der Waals surface area contributed by atoms with E-state index in [1.54, 1.807) is 30.6 Å². The maximum absolute atomic E-state index is 5.94. The number of hydrogen-bond donors (Lipinski definition) is 1. The molecule has 0 radical (unpaired) electrons. The molecule has 0 aliphatic carbocycles. The zero-order valence-electron chi connectivity index (χ0n) is 8.02. The number of nitrogens with two attached hydrogens (primary N) is 1. The van der Waals surface area contributed by atoms with Crippen LogP contribution in [0.1, 0.15) is 0 Å². The Morgan fingerprint density at radius 1 is 1.25 bits per heavy atom. The molecular weight excluding hydrogens is 340 g/mol. The average molecular weight is 348 g/mol. The molecule has 0 saturated carbocycles. The van der Waals surface area contributed by atoms with Crippen LogP contribution in [0.2, 0.25) is 5.02 Å². The molecule has 0 amide bonds. The first-order valence-electron chi connectivity index (χ1n) is 4.35. The maximum Gasteiger partial charge on any atom is 0.321 e. The van der Waals surface area contributed by atoms with Crippen molar-refractivity contribution in [2.24, 2.45) is 0 Å². The fourth-order valence-corrected chi connectivity index (χ4v) is 1.48. The van der Waals surface area contributed by atoms with Gasteiger partial charge in [-0.1, -0.05) is 11.6 Å². The number of rotatable bonds is 2. The summed E-state index contributed by atoms with van der Waals surface area (Å²) in [5.41, 5.74) is 6.20. The van der Waals surface area contributed by atoms with Crippen LogP contribution in [-0.2, 0) is 0 Å². The highest BCUT2D eigenvalue weighted by atomic mass is 127. The molecule has 0 saturated heterocycles. The Kier molecular flexibility index (Phi) is 3.45. The first kappa shape index (κ1) is 11.4. The molecule has 0 bridgehead atoms. The van der Waals surface area contributed by atoms with E-state index in [2.05, 4.69) is 32.6 Å². The normalized spacial score (nSPS) is 10.1. The summed E-state index contributed by atoms with van der Waals surface area (Å²) in [5.74, 6) is 0.447. The zero-order chi connectivity index (χ0) is 11.5. The summed E-state index contributed by atoms with van der Waals surface area (Å²) in [5, 5.41) is 0.469. The van der Waals surface area contributed by atoms with E-state index in [1.807, 2.05) is 0 Å². The third-order valence-corrected chi connectivity index (χ3v) is 2.62. The Morgan fingerprint density at radius 2 is 1.94 bits per heavy atom. The van der Waals surface area contributed by atoms with E-state index in [9.17, 15) is 0 Å². The van der Waals surface area contributed by atoms with Gasteiger partial charge in [-0.25, -0.2) is 9.97 Å². The van der Waals surface area contributed by atoms with Crippen molar-refractivity contribution in [3.05, 3.63) is 39.2 Å². The van der Waals surface area contributed by atoms with Crippen molar-refractivity contribution in [3.8, 4) is 11.8 Å². The van der Waals surface area contributed by atoms with E-state index < -0.39 is 0 Å². The van der Waals surface area contributed by atoms with Crippen LogP contribution < -0.4 is 10.5 Å². The molecule has 1 aromatic carbocycles. The van der Waals surface area contributed by atoms with Crippen LogP contribution in [0, 0.1) is 3.57 Å². The molecule has 16 heavy (non-hydrogen) atoms. The minimum absolute atomic E-state index is 0.243. The van der Waals surface area contributed by atoms with Crippen LogP contribution in [0.3, 0.4) is 0 Å². The monoisotopic (exact) mass is 347 g/mol. The molecule has 2 N–H and O–H groups in total. The fraction of sp³-hybridized carbons (Fsp3) is 0. The van der Waals surface area contributed by atoms with E-state index in [1.165, 1.54) is 0 Å². The number of nitrogens with zero attached hydrogens (tertiary/aromatic N) is 2. The van der Waals surface area contributed by atoms with Gasteiger partial charge in [-0.15, -0.1) is 0 Å². The number of hydrogen-bond acceptors (Lipinski definition) is 4. The van der Waals surface area contributed by atoms with Gasteiger partial charge in [0.2, 0.25) is 0 Å². The number of nitrogen functional groups attached to an aromatic ring is 1. The van der Waals surface area contributed by atoms with E-state index in [0.29, 0.717) is 16.5 Å². The summed E-state index contributed by atoms with van der Waals surface area (Å²) in [6.07, 6.45) is 3.31. The highest BCUT2D eigenvalue weighted by molar-refractivity contribution is 14.1. The first-order valence-corrected chi connectivity index (χ1v) is 5.81. The van der Waals surface area contributed by atoms with Crippen LogP contribution in [0.5, 0.6) is 11.8 Å². The predicted octanol–water partition coefficient (Wildman–Crippen LogP) is 3.11. The minimum atomic E-state index is 0.243. The lowest BCUT2D eigenvalue weighted by molar-refractivity contribution is 0.442. The summed E-state index contributed by atoms with van der Waals surface area (Å²) >= 11 is 8.05. The molecular formula is C10H7ClIN3O. The number of ether oxygens (including phenoxy) is 1. The number of anilines is 1. The van der Waals surface area contributed by atoms with Crippen molar-refractivity contribution in [1.82, 2.24) is 9.97 Å². The van der Waals surface area contributed by atoms with Crippen molar-refractivity contribution in [2.75, 3.05) is 5.73 Å². The van der Waals surface area contributed by atoms with Gasteiger partial charge in [-0.05, 0) is 34.7 Å². The lowest BCUT2D eigenvalue weighted by atomic mass is 10.3. The smallest absolute Gasteiger partial charge is 0.321 e. The van der Waals surface area contributed by atoms with Gasteiger partial charge in [0.05, 0.1) is 5.02 Å². The highest BCUT2D eigenvalue weighted by Gasteiger charge is 2.05. The molecule has 2 rings (SSSR count). The van der Waals surface area contributed by atoms with Crippen LogP contribution in [-0.4, -0.2) is 9.97 Å². The molecule has 1 heterocycles. The van der Waals surface area contributed by atoms with Gasteiger partial charge in [-0.2, -0.15) is 0 Å². The Labute approximate surface area is 111 Å². The highest BCUT2D eigenvalue weighted by Crippen LogP contribution is 2.29. The van der Waals surface area contributed by atoms with Crippen molar-refractivity contribution in [3.63, 3.8) is 0 Å². The lowest BCUT2D eigenvalue weighted by Gasteiger charge is -2.06. The van der Waals surface area contributed by atoms with Crippen molar-refractivity contribution < 1.29 is 4.74 Å². The SMILES string of the molecule is Nc1ccc(Cl)c(Oc2ncc(I)cn2)c1. The second kappa shape index (κ2) is 4.84. The molecule has 0 atom stereocenters. The van der Waals surface area contributed by atoms with E-state index in [0.717, 1.165) is 3.57 Å². The Morgan fingerprint density at radius 3 is 2.62 bits per heavy atom. The maximum atomic E-state index is 5.94. The number of aromatic nitrogens is 2. The van der Waals surface area contributed by atoms with Crippen LogP contribution >= 0.6 is 34.2 Å². The number of halogens is 2. The Balaban J connectivity index is 2.26. The number of benzene rings is 1. The Hall–Kier alpha value is -1.08. The quantitative estimate of drug-likeness (QED) is 0.670. The molecule has 2 aromatic rings. The van der Waals surface area contributed by atoms with Crippen LogP contribution in [0.15, 0.2) is 30.6 Å². The second-order valence-electron chi connectivity index (χ2n) is 2.98. The van der Waals surface area contributed by atoms with E-state index in [4.69, 9.17) is 22.1 Å². The van der Waals surface area contributed by atoms with Gasteiger partial charge in [-0.3, -0.25) is 0 Å². The van der Waals surface area contributed by atoms with Crippen LogP contribution in [0.25, 0.3) is 0 Å². The molecule has 0 fully saturated rings. The van der Waals surface area contributed by atoms with Crippen molar-refractivity contribution in [2.45, 2.75) is 0 Å². The summed E-state index contributed by atoms with van der Waals surface area (Å²) in [6, 6.07) is 5.24. The summed E-state index contributed by atoms with van der Waals surface area (Å²) < 4.78 is 6.34. The second-order valence-corrected chi connectivity index (χ2v) is 4.63. The van der Waals surface area contributed by atoms with Gasteiger partial charge in [0.25, 0.3) is 0 Å². The predicted molar refractivity (Wildman–Crippen MR) is 70.7 cm³/mol. The fourth-order valence-electron chi connectivity index (χ4n) is 1.05. The zero-order valence-corrected chi connectivity index (χ0v) is 10.9. The third kappa shape index (κ3) is 2.73. The van der Waals surface area contributed by atoms with Gasteiger partial charge < -0.3 is 10.5 Å². The topological polar surface area (TPSA) is 61.0 Å².